The van der Waals surface area contributed by atoms with Gasteiger partial charge in [0, 0.05) is 18.0 Å². The topological polar surface area (TPSA) is 12.5 Å². The largest absolute Gasteiger partial charge is 0.497 e. The van der Waals surface area contributed by atoms with Crippen LogP contribution in [0.1, 0.15) is 11.1 Å². The van der Waals surface area contributed by atoms with Gasteiger partial charge in [0.15, 0.2) is 0 Å². The van der Waals surface area contributed by atoms with Gasteiger partial charge in [-0.2, -0.15) is 0 Å². The molecule has 22 heavy (non-hydrogen) atoms. The summed E-state index contributed by atoms with van der Waals surface area (Å²) in [4.78, 5) is 0. The van der Waals surface area contributed by atoms with Crippen molar-refractivity contribution in [2.45, 2.75) is 0 Å². The smallest absolute Gasteiger partial charge is 0.119 e. The summed E-state index contributed by atoms with van der Waals surface area (Å²) >= 11 is 18.6. The molecule has 0 atom stereocenters. The minimum Gasteiger partial charge on any atom is -0.497 e. The van der Waals surface area contributed by atoms with Crippen molar-refractivity contribution >= 4 is 52.8 Å². The van der Waals surface area contributed by atoms with Gasteiger partial charge in [-0.25, -0.2) is 0 Å². The molecule has 0 fully saturated rings. The summed E-state index contributed by atoms with van der Waals surface area (Å²) in [6.45, 7) is 3.72. The van der Waals surface area contributed by atoms with Crippen LogP contribution in [0.4, 0.5) is 5.69 Å². The van der Waals surface area contributed by atoms with Crippen molar-refractivity contribution in [3.05, 3.63) is 70.3 Å². The molecule has 0 bridgehead atoms. The molecular formula is C17H14Cl3NO. The van der Waals surface area contributed by atoms with Crippen LogP contribution in [-0.2, 0) is 0 Å². The maximum atomic E-state index is 6.27. The van der Waals surface area contributed by atoms with Crippen LogP contribution in [0.25, 0.3) is 12.2 Å². The molecule has 0 unspecified atom stereocenters. The highest BCUT2D eigenvalue weighted by Gasteiger charge is 2.10. The van der Waals surface area contributed by atoms with Crippen molar-refractivity contribution in [2.24, 2.45) is 0 Å². The average Bonchev–Trinajstić information content (AvgIpc) is 2.55. The van der Waals surface area contributed by atoms with Crippen molar-refractivity contribution in [3.8, 4) is 5.75 Å². The summed E-state index contributed by atoms with van der Waals surface area (Å²) < 4.78 is 6.57. The number of ether oxygens (including phenoxy) is 1. The predicted octanol–water partition coefficient (Wildman–Crippen LogP) is 6.28. The molecule has 0 N–H and O–H groups in total. The summed E-state index contributed by atoms with van der Waals surface area (Å²) in [5.41, 5.74) is 2.38. The maximum Gasteiger partial charge on any atom is 0.119 e. The number of anilines is 1. The minimum atomic E-state index is 0.387. The van der Waals surface area contributed by atoms with Gasteiger partial charge >= 0.3 is 0 Å². The number of benzene rings is 2. The summed E-state index contributed by atoms with van der Waals surface area (Å²) in [7, 11) is 1.62. The summed E-state index contributed by atoms with van der Waals surface area (Å²) in [6.07, 6.45) is 5.23. The van der Waals surface area contributed by atoms with Crippen LogP contribution in [0.5, 0.6) is 5.75 Å². The van der Waals surface area contributed by atoms with Crippen LogP contribution in [0.3, 0.4) is 0 Å². The van der Waals surface area contributed by atoms with Gasteiger partial charge in [-0.1, -0.05) is 48.0 Å². The van der Waals surface area contributed by atoms with Crippen molar-refractivity contribution < 1.29 is 4.74 Å². The molecule has 0 aliphatic carbocycles. The SMILES string of the molecule is C=Cc1cc(Cl)c(Cl)c(N(Cl)C=Cc2cccc(OC)c2)c1. The van der Waals surface area contributed by atoms with Gasteiger partial charge in [0.25, 0.3) is 0 Å². The highest BCUT2D eigenvalue weighted by atomic mass is 35.5. The lowest BCUT2D eigenvalue weighted by Crippen LogP contribution is -2.01. The molecule has 0 aliphatic rings. The molecule has 0 saturated heterocycles. The summed E-state index contributed by atoms with van der Waals surface area (Å²) in [5.74, 6) is 0.776. The first-order chi connectivity index (χ1) is 10.5. The molecule has 0 aliphatic heterocycles. The Morgan fingerprint density at radius 2 is 1.91 bits per heavy atom. The Morgan fingerprint density at radius 1 is 1.14 bits per heavy atom. The third kappa shape index (κ3) is 3.98. The Morgan fingerprint density at radius 3 is 2.59 bits per heavy atom. The molecule has 0 amide bonds. The Bertz CT molecular complexity index is 713. The number of rotatable bonds is 5. The molecule has 0 radical (unpaired) electrons. The van der Waals surface area contributed by atoms with Crippen LogP contribution in [0, 0.1) is 0 Å². The third-order valence-electron chi connectivity index (χ3n) is 2.99. The standard InChI is InChI=1S/C17H14Cl3NO/c1-3-12-10-15(18)17(19)16(11-12)21(20)8-7-13-5-4-6-14(9-13)22-2/h3-11H,1H2,2H3. The molecule has 2 rings (SSSR count). The fourth-order valence-corrected chi connectivity index (χ4v) is 2.50. The molecular weight excluding hydrogens is 341 g/mol. The van der Waals surface area contributed by atoms with Crippen molar-refractivity contribution in [1.29, 1.82) is 0 Å². The highest BCUT2D eigenvalue weighted by Crippen LogP contribution is 2.35. The van der Waals surface area contributed by atoms with Crippen molar-refractivity contribution in [3.63, 3.8) is 0 Å². The Labute approximate surface area is 145 Å². The second kappa shape index (κ2) is 7.59. The molecule has 0 spiro atoms. The molecule has 5 heteroatoms. The number of methoxy groups -OCH3 is 1. The number of halogens is 3. The molecule has 2 aromatic rings. The molecule has 114 valence electrons. The average molecular weight is 355 g/mol. The van der Waals surface area contributed by atoms with Gasteiger partial charge < -0.3 is 4.74 Å². The second-order valence-corrected chi connectivity index (χ2v) is 5.59. The van der Waals surface area contributed by atoms with Crippen LogP contribution in [0.15, 0.2) is 49.2 Å². The quantitative estimate of drug-likeness (QED) is 0.586. The lowest BCUT2D eigenvalue weighted by atomic mass is 10.2. The molecule has 2 nitrogen and oxygen atoms in total. The highest BCUT2D eigenvalue weighted by molar-refractivity contribution is 6.45. The summed E-state index contributed by atoms with van der Waals surface area (Å²) in [5, 5.41) is 0.812. The van der Waals surface area contributed by atoms with Crippen LogP contribution in [-0.4, -0.2) is 7.11 Å². The van der Waals surface area contributed by atoms with E-state index in [0.29, 0.717) is 15.7 Å². The first-order valence-corrected chi connectivity index (χ1v) is 7.53. The van der Waals surface area contributed by atoms with E-state index in [1.807, 2.05) is 36.4 Å². The molecule has 0 aromatic heterocycles. The van der Waals surface area contributed by atoms with Crippen LogP contribution >= 0.6 is 35.0 Å². The monoisotopic (exact) mass is 353 g/mol. The third-order valence-corrected chi connectivity index (χ3v) is 4.08. The van der Waals surface area contributed by atoms with E-state index in [1.165, 1.54) is 4.42 Å². The van der Waals surface area contributed by atoms with Gasteiger partial charge in [-0.3, -0.25) is 4.42 Å². The minimum absolute atomic E-state index is 0.387. The van der Waals surface area contributed by atoms with Gasteiger partial charge in [-0.15, -0.1) is 0 Å². The Hall–Kier alpha value is -1.61. The zero-order chi connectivity index (χ0) is 16.1. The van der Waals surface area contributed by atoms with Gasteiger partial charge in [0.05, 0.1) is 22.8 Å². The lowest BCUT2D eigenvalue weighted by Gasteiger charge is -2.14. The van der Waals surface area contributed by atoms with Crippen LogP contribution < -0.4 is 9.16 Å². The van der Waals surface area contributed by atoms with Gasteiger partial charge in [0.1, 0.15) is 5.75 Å². The first kappa shape index (κ1) is 16.8. The first-order valence-electron chi connectivity index (χ1n) is 6.44. The predicted molar refractivity (Wildman–Crippen MR) is 96.9 cm³/mol. The van der Waals surface area contributed by atoms with Gasteiger partial charge in [0.2, 0.25) is 0 Å². The van der Waals surface area contributed by atoms with E-state index in [9.17, 15) is 0 Å². The normalized spacial score (nSPS) is 10.7. The van der Waals surface area contributed by atoms with E-state index in [1.54, 1.807) is 25.5 Å². The number of nitrogens with zero attached hydrogens (tertiary/aromatic N) is 1. The fraction of sp³-hybridized carbons (Fsp3) is 0.0588. The number of hydrogen-bond acceptors (Lipinski definition) is 2. The van der Waals surface area contributed by atoms with E-state index in [0.717, 1.165) is 16.9 Å². The van der Waals surface area contributed by atoms with E-state index in [-0.39, 0.29) is 0 Å². The maximum absolute atomic E-state index is 6.27. The van der Waals surface area contributed by atoms with Crippen LogP contribution in [0.2, 0.25) is 10.0 Å². The molecule has 0 heterocycles. The fourth-order valence-electron chi connectivity index (χ4n) is 1.85. The second-order valence-electron chi connectivity index (χ2n) is 4.44. The van der Waals surface area contributed by atoms with Gasteiger partial charge in [-0.05, 0) is 41.5 Å². The Balaban J connectivity index is 2.28. The van der Waals surface area contributed by atoms with E-state index < -0.39 is 0 Å². The van der Waals surface area contributed by atoms with E-state index in [2.05, 4.69) is 6.58 Å². The Kier molecular flexibility index (Phi) is 5.78. The zero-order valence-electron chi connectivity index (χ0n) is 11.9. The lowest BCUT2D eigenvalue weighted by molar-refractivity contribution is 0.414. The molecule has 2 aromatic carbocycles. The number of hydrogen-bond donors (Lipinski definition) is 0. The molecule has 0 saturated carbocycles. The van der Waals surface area contributed by atoms with E-state index >= 15 is 0 Å². The zero-order valence-corrected chi connectivity index (χ0v) is 14.2. The van der Waals surface area contributed by atoms with Crippen molar-refractivity contribution in [1.82, 2.24) is 0 Å². The van der Waals surface area contributed by atoms with Crippen molar-refractivity contribution in [2.75, 3.05) is 11.5 Å². The van der Waals surface area contributed by atoms with E-state index in [4.69, 9.17) is 39.7 Å². The summed E-state index contributed by atoms with van der Waals surface area (Å²) in [6, 6.07) is 11.2.